The first kappa shape index (κ1) is 11.3. The maximum Gasteiger partial charge on any atom is 0.414 e. The van der Waals surface area contributed by atoms with Crippen LogP contribution in [-0.2, 0) is 9.53 Å². The number of hydrogen-bond acceptors (Lipinski definition) is 4. The molecule has 1 aliphatic heterocycles. The second kappa shape index (κ2) is 4.32. The van der Waals surface area contributed by atoms with Crippen molar-refractivity contribution in [3.05, 3.63) is 24.3 Å². The standard InChI is InChI=1S/C11H11NO5/c13-9-4-2-1-3-8(9)12-7(5-10(14)15)6-17-11(12)16/h1-4,7,13H,5-6H2,(H,14,15). The molecule has 6 nitrogen and oxygen atoms in total. The number of nitrogens with zero attached hydrogens (tertiary/aromatic N) is 1. The molecule has 0 bridgehead atoms. The number of ether oxygens (including phenoxy) is 1. The van der Waals surface area contributed by atoms with E-state index >= 15 is 0 Å². The van der Waals surface area contributed by atoms with E-state index in [0.29, 0.717) is 0 Å². The summed E-state index contributed by atoms with van der Waals surface area (Å²) in [5.41, 5.74) is 0.265. The number of benzene rings is 1. The molecular weight excluding hydrogens is 226 g/mol. The van der Waals surface area contributed by atoms with Crippen LogP contribution in [0.2, 0.25) is 0 Å². The molecule has 2 rings (SSSR count). The Morgan fingerprint density at radius 2 is 2.18 bits per heavy atom. The molecule has 0 aromatic heterocycles. The van der Waals surface area contributed by atoms with Gasteiger partial charge in [0.05, 0.1) is 18.2 Å². The first-order valence-electron chi connectivity index (χ1n) is 5.05. The van der Waals surface area contributed by atoms with Gasteiger partial charge in [-0.25, -0.2) is 4.79 Å². The summed E-state index contributed by atoms with van der Waals surface area (Å²) in [5, 5.41) is 18.4. The molecule has 0 radical (unpaired) electrons. The molecule has 0 saturated carbocycles. The molecule has 0 aliphatic carbocycles. The maximum atomic E-state index is 11.5. The molecule has 1 fully saturated rings. The largest absolute Gasteiger partial charge is 0.506 e. The van der Waals surface area contributed by atoms with Crippen LogP contribution in [0.5, 0.6) is 5.75 Å². The van der Waals surface area contributed by atoms with Gasteiger partial charge < -0.3 is 14.9 Å². The van der Waals surface area contributed by atoms with Crippen LogP contribution < -0.4 is 4.90 Å². The Labute approximate surface area is 97.0 Å². The molecule has 1 aliphatic rings. The Morgan fingerprint density at radius 3 is 2.82 bits per heavy atom. The fraction of sp³-hybridized carbons (Fsp3) is 0.273. The highest BCUT2D eigenvalue weighted by Gasteiger charge is 2.36. The first-order valence-corrected chi connectivity index (χ1v) is 5.05. The van der Waals surface area contributed by atoms with Gasteiger partial charge in [0.15, 0.2) is 0 Å². The molecule has 1 aromatic rings. The number of phenolic OH excluding ortho intramolecular Hbond substituents is 1. The SMILES string of the molecule is O=C(O)CC1COC(=O)N1c1ccccc1O. The van der Waals surface area contributed by atoms with E-state index in [1.165, 1.54) is 17.0 Å². The molecule has 2 N–H and O–H groups in total. The number of hydrogen-bond donors (Lipinski definition) is 2. The fourth-order valence-corrected chi connectivity index (χ4v) is 1.78. The topological polar surface area (TPSA) is 87.1 Å². The summed E-state index contributed by atoms with van der Waals surface area (Å²) in [5.74, 6) is -1.10. The van der Waals surface area contributed by atoms with Crippen LogP contribution in [-0.4, -0.2) is 34.9 Å². The summed E-state index contributed by atoms with van der Waals surface area (Å²) in [6.45, 7) is 0.0134. The average Bonchev–Trinajstić information content (AvgIpc) is 2.60. The molecule has 6 heteroatoms. The van der Waals surface area contributed by atoms with E-state index in [2.05, 4.69) is 0 Å². The zero-order valence-corrected chi connectivity index (χ0v) is 8.87. The molecule has 1 atom stereocenters. The number of amides is 1. The Hall–Kier alpha value is -2.24. The number of anilines is 1. The summed E-state index contributed by atoms with van der Waals surface area (Å²) < 4.78 is 4.80. The number of phenols is 1. The number of para-hydroxylation sites is 2. The third-order valence-corrected chi connectivity index (χ3v) is 2.51. The van der Waals surface area contributed by atoms with E-state index in [1.807, 2.05) is 0 Å². The lowest BCUT2D eigenvalue weighted by atomic mass is 10.1. The first-order chi connectivity index (χ1) is 8.09. The van der Waals surface area contributed by atoms with E-state index in [1.54, 1.807) is 12.1 Å². The fourth-order valence-electron chi connectivity index (χ4n) is 1.78. The lowest BCUT2D eigenvalue weighted by molar-refractivity contribution is -0.137. The van der Waals surface area contributed by atoms with Gasteiger partial charge in [0.1, 0.15) is 12.4 Å². The summed E-state index contributed by atoms with van der Waals surface area (Å²) in [6, 6.07) is 5.65. The zero-order valence-electron chi connectivity index (χ0n) is 8.87. The van der Waals surface area contributed by atoms with Crippen LogP contribution in [0, 0.1) is 0 Å². The molecular formula is C11H11NO5. The lowest BCUT2D eigenvalue weighted by Crippen LogP contribution is -2.35. The predicted octanol–water partition coefficient (Wildman–Crippen LogP) is 1.19. The maximum absolute atomic E-state index is 11.5. The van der Waals surface area contributed by atoms with Gasteiger partial charge in [-0.2, -0.15) is 0 Å². The number of rotatable bonds is 3. The van der Waals surface area contributed by atoms with Crippen LogP contribution in [0.25, 0.3) is 0 Å². The Bertz CT molecular complexity index is 459. The van der Waals surface area contributed by atoms with Crippen molar-refractivity contribution >= 4 is 17.7 Å². The monoisotopic (exact) mass is 237 g/mol. The van der Waals surface area contributed by atoms with Gasteiger partial charge in [-0.3, -0.25) is 9.69 Å². The highest BCUT2D eigenvalue weighted by molar-refractivity contribution is 5.92. The quantitative estimate of drug-likeness (QED) is 0.824. The van der Waals surface area contributed by atoms with Crippen molar-refractivity contribution < 1.29 is 24.5 Å². The minimum Gasteiger partial charge on any atom is -0.506 e. The zero-order chi connectivity index (χ0) is 12.4. The Balaban J connectivity index is 2.31. The molecule has 17 heavy (non-hydrogen) atoms. The second-order valence-electron chi connectivity index (χ2n) is 3.69. The van der Waals surface area contributed by atoms with E-state index < -0.39 is 18.1 Å². The summed E-state index contributed by atoms with van der Waals surface area (Å²) in [4.78, 5) is 23.4. The Kier molecular flexibility index (Phi) is 2.86. The second-order valence-corrected chi connectivity index (χ2v) is 3.69. The molecule has 1 heterocycles. The van der Waals surface area contributed by atoms with Crippen molar-refractivity contribution in [2.24, 2.45) is 0 Å². The minimum absolute atomic E-state index is 0.0134. The van der Waals surface area contributed by atoms with Crippen LogP contribution in [0.1, 0.15) is 6.42 Å². The van der Waals surface area contributed by atoms with E-state index in [-0.39, 0.29) is 24.5 Å². The van der Waals surface area contributed by atoms with Gasteiger partial charge in [0.25, 0.3) is 0 Å². The van der Waals surface area contributed by atoms with Crippen molar-refractivity contribution in [1.82, 2.24) is 0 Å². The van der Waals surface area contributed by atoms with Crippen molar-refractivity contribution in [3.8, 4) is 5.75 Å². The number of cyclic esters (lactones) is 1. The number of aliphatic carboxylic acids is 1. The van der Waals surface area contributed by atoms with Crippen LogP contribution in [0.3, 0.4) is 0 Å². The third kappa shape index (κ3) is 2.15. The molecule has 1 unspecified atom stereocenters. The molecule has 1 amide bonds. The third-order valence-electron chi connectivity index (χ3n) is 2.51. The normalized spacial score (nSPS) is 19.2. The van der Waals surface area contributed by atoms with Gasteiger partial charge in [0, 0.05) is 0 Å². The van der Waals surface area contributed by atoms with E-state index in [9.17, 15) is 14.7 Å². The molecule has 1 aromatic carbocycles. The Morgan fingerprint density at radius 1 is 1.47 bits per heavy atom. The molecule has 1 saturated heterocycles. The van der Waals surface area contributed by atoms with Gasteiger partial charge in [-0.15, -0.1) is 0 Å². The van der Waals surface area contributed by atoms with E-state index in [0.717, 1.165) is 0 Å². The van der Waals surface area contributed by atoms with Crippen LogP contribution >= 0.6 is 0 Å². The number of carbonyl (C=O) groups excluding carboxylic acids is 1. The number of aromatic hydroxyl groups is 1. The smallest absolute Gasteiger partial charge is 0.414 e. The highest BCUT2D eigenvalue weighted by Crippen LogP contribution is 2.32. The van der Waals surface area contributed by atoms with Gasteiger partial charge >= 0.3 is 12.1 Å². The number of carboxylic acid groups (broad SMARTS) is 1. The van der Waals surface area contributed by atoms with Crippen molar-refractivity contribution in [3.63, 3.8) is 0 Å². The summed E-state index contributed by atoms with van der Waals surface area (Å²) >= 11 is 0. The van der Waals surface area contributed by atoms with E-state index in [4.69, 9.17) is 9.84 Å². The van der Waals surface area contributed by atoms with Crippen molar-refractivity contribution in [1.29, 1.82) is 0 Å². The number of carboxylic acids is 1. The molecule has 90 valence electrons. The van der Waals surface area contributed by atoms with Crippen molar-refractivity contribution in [2.45, 2.75) is 12.5 Å². The van der Waals surface area contributed by atoms with Gasteiger partial charge in [-0.05, 0) is 12.1 Å². The summed E-state index contributed by atoms with van der Waals surface area (Å²) in [6.07, 6.45) is -0.863. The lowest BCUT2D eigenvalue weighted by Gasteiger charge is -2.20. The van der Waals surface area contributed by atoms with Gasteiger partial charge in [-0.1, -0.05) is 12.1 Å². The minimum atomic E-state index is -1.02. The highest BCUT2D eigenvalue weighted by atomic mass is 16.6. The summed E-state index contributed by atoms with van der Waals surface area (Å²) in [7, 11) is 0. The molecule has 0 spiro atoms. The van der Waals surface area contributed by atoms with Crippen LogP contribution in [0.4, 0.5) is 10.5 Å². The number of carbonyl (C=O) groups is 2. The van der Waals surface area contributed by atoms with Crippen LogP contribution in [0.15, 0.2) is 24.3 Å². The van der Waals surface area contributed by atoms with Gasteiger partial charge in [0.2, 0.25) is 0 Å². The van der Waals surface area contributed by atoms with Crippen molar-refractivity contribution in [2.75, 3.05) is 11.5 Å². The average molecular weight is 237 g/mol. The predicted molar refractivity (Wildman–Crippen MR) is 58.0 cm³/mol.